The highest BCUT2D eigenvalue weighted by molar-refractivity contribution is 6.04. The van der Waals surface area contributed by atoms with Crippen molar-refractivity contribution in [3.05, 3.63) is 82.4 Å². The Bertz CT molecular complexity index is 1130. The van der Waals surface area contributed by atoms with Crippen LogP contribution in [0.15, 0.2) is 71.3 Å². The van der Waals surface area contributed by atoms with Crippen molar-refractivity contribution < 1.29 is 28.5 Å². The van der Waals surface area contributed by atoms with Crippen molar-refractivity contribution in [1.82, 2.24) is 0 Å². The Morgan fingerprint density at radius 1 is 1.06 bits per heavy atom. The normalized spacial score (nSPS) is 20.2. The van der Waals surface area contributed by atoms with E-state index in [0.717, 1.165) is 5.56 Å². The van der Waals surface area contributed by atoms with Crippen LogP contribution in [0.4, 0.5) is 0 Å². The van der Waals surface area contributed by atoms with Crippen molar-refractivity contribution in [1.29, 1.82) is 0 Å². The summed E-state index contributed by atoms with van der Waals surface area (Å²) in [7, 11) is 3.05. The van der Waals surface area contributed by atoms with E-state index < -0.39 is 11.9 Å². The van der Waals surface area contributed by atoms with Crippen LogP contribution in [0, 0.1) is 0 Å². The monoisotopic (exact) mass is 449 g/mol. The van der Waals surface area contributed by atoms with Gasteiger partial charge in [0.15, 0.2) is 17.3 Å². The number of Topliss-reactive ketones (excluding diaryl/α,β-unsaturated/α-hetero) is 1. The van der Waals surface area contributed by atoms with Crippen molar-refractivity contribution in [3.63, 3.8) is 0 Å². The molecular formula is C26H27NO6. The number of rotatable bonds is 6. The van der Waals surface area contributed by atoms with Crippen LogP contribution < -0.4 is 15.2 Å². The molecule has 0 amide bonds. The molecular weight excluding hydrogens is 422 g/mol. The molecule has 0 saturated carbocycles. The second-order valence-electron chi connectivity index (χ2n) is 7.89. The number of allylic oxidation sites excluding steroid dienone is 2. The van der Waals surface area contributed by atoms with E-state index in [0.29, 0.717) is 41.2 Å². The fourth-order valence-electron chi connectivity index (χ4n) is 4.63. The highest BCUT2D eigenvalue weighted by atomic mass is 16.5. The van der Waals surface area contributed by atoms with Gasteiger partial charge in [-0.3, -0.25) is 4.79 Å². The van der Waals surface area contributed by atoms with Gasteiger partial charge in [-0.1, -0.05) is 42.5 Å². The Kier molecular flexibility index (Phi) is 6.40. The van der Waals surface area contributed by atoms with E-state index in [9.17, 15) is 9.59 Å². The Hall–Kier alpha value is -3.74. The molecule has 33 heavy (non-hydrogen) atoms. The van der Waals surface area contributed by atoms with Crippen molar-refractivity contribution in [2.45, 2.75) is 31.6 Å². The lowest BCUT2D eigenvalue weighted by Crippen LogP contribution is -2.33. The first-order chi connectivity index (χ1) is 16.0. The van der Waals surface area contributed by atoms with Gasteiger partial charge in [0, 0.05) is 24.0 Å². The molecule has 0 radical (unpaired) electrons. The number of methoxy groups -OCH3 is 2. The van der Waals surface area contributed by atoms with Gasteiger partial charge in [0.25, 0.3) is 0 Å². The molecule has 1 aliphatic carbocycles. The third-order valence-corrected chi connectivity index (χ3v) is 6.05. The van der Waals surface area contributed by atoms with E-state index in [4.69, 9.17) is 24.7 Å². The molecule has 4 rings (SSSR count). The Balaban J connectivity index is 1.88. The summed E-state index contributed by atoms with van der Waals surface area (Å²) >= 11 is 0. The van der Waals surface area contributed by atoms with Gasteiger partial charge in [0.1, 0.15) is 11.3 Å². The van der Waals surface area contributed by atoms with Crippen LogP contribution in [0.2, 0.25) is 0 Å². The molecule has 2 N–H and O–H groups in total. The van der Waals surface area contributed by atoms with Gasteiger partial charge in [-0.25, -0.2) is 4.79 Å². The standard InChI is InChI=1S/C26H27NO6/c1-4-32-26(29)23-21(17-11-8-12-19(30-2)24(17)31-3)22-18(28)13-16(14-20(22)33-25(23)27)15-9-6-5-7-10-15/h5-12,16,21H,4,13-14,27H2,1-3H3/t16-,21+/m1/s1. The number of esters is 1. The third-order valence-electron chi connectivity index (χ3n) is 6.05. The van der Waals surface area contributed by atoms with Crippen LogP contribution in [0.25, 0.3) is 0 Å². The minimum atomic E-state index is -0.790. The molecule has 0 bridgehead atoms. The maximum Gasteiger partial charge on any atom is 0.340 e. The minimum absolute atomic E-state index is 0.0396. The summed E-state index contributed by atoms with van der Waals surface area (Å²) in [6, 6.07) is 15.2. The SMILES string of the molecule is CCOC(=O)C1=C(N)OC2=C(C(=O)C[C@@H](c3ccccc3)C2)[C@@H]1c1cccc(OC)c1OC. The molecule has 0 unspecified atom stereocenters. The molecule has 172 valence electrons. The Labute approximate surface area is 192 Å². The van der Waals surface area contributed by atoms with Crippen molar-refractivity contribution in [2.75, 3.05) is 20.8 Å². The van der Waals surface area contributed by atoms with E-state index in [1.54, 1.807) is 25.1 Å². The number of nitrogens with two attached hydrogens (primary N) is 1. The van der Waals surface area contributed by atoms with Gasteiger partial charge < -0.3 is 24.7 Å². The highest BCUT2D eigenvalue weighted by Crippen LogP contribution is 2.50. The lowest BCUT2D eigenvalue weighted by Gasteiger charge is -2.35. The van der Waals surface area contributed by atoms with Crippen LogP contribution in [0.5, 0.6) is 11.5 Å². The van der Waals surface area contributed by atoms with Crippen molar-refractivity contribution in [3.8, 4) is 11.5 Å². The minimum Gasteiger partial charge on any atom is -0.493 e. The lowest BCUT2D eigenvalue weighted by atomic mass is 9.73. The number of benzene rings is 2. The summed E-state index contributed by atoms with van der Waals surface area (Å²) < 4.78 is 22.3. The fraction of sp³-hybridized carbons (Fsp3) is 0.308. The summed E-state index contributed by atoms with van der Waals surface area (Å²) in [5.74, 6) is -0.251. The van der Waals surface area contributed by atoms with E-state index in [1.165, 1.54) is 14.2 Å². The molecule has 0 fully saturated rings. The summed E-state index contributed by atoms with van der Waals surface area (Å²) in [4.78, 5) is 26.5. The second-order valence-corrected chi connectivity index (χ2v) is 7.89. The average molecular weight is 450 g/mol. The van der Waals surface area contributed by atoms with Gasteiger partial charge in [0.05, 0.1) is 26.7 Å². The summed E-state index contributed by atoms with van der Waals surface area (Å²) in [5.41, 5.74) is 8.41. The molecule has 2 aromatic rings. The quantitative estimate of drug-likeness (QED) is 0.667. The predicted molar refractivity (Wildman–Crippen MR) is 122 cm³/mol. The number of para-hydroxylation sites is 1. The van der Waals surface area contributed by atoms with Gasteiger partial charge in [-0.05, 0) is 24.5 Å². The average Bonchev–Trinajstić information content (AvgIpc) is 2.83. The third kappa shape index (κ3) is 4.06. The van der Waals surface area contributed by atoms with Crippen LogP contribution in [-0.4, -0.2) is 32.6 Å². The zero-order valence-electron chi connectivity index (χ0n) is 18.9. The summed E-state index contributed by atoms with van der Waals surface area (Å²) in [5, 5.41) is 0. The maximum atomic E-state index is 13.6. The number of ketones is 1. The summed E-state index contributed by atoms with van der Waals surface area (Å²) in [6.45, 7) is 1.87. The van der Waals surface area contributed by atoms with E-state index in [-0.39, 0.29) is 29.8 Å². The van der Waals surface area contributed by atoms with Crippen LogP contribution in [-0.2, 0) is 19.1 Å². The highest BCUT2D eigenvalue weighted by Gasteiger charge is 2.44. The van der Waals surface area contributed by atoms with Crippen LogP contribution >= 0.6 is 0 Å². The Morgan fingerprint density at radius 3 is 2.48 bits per heavy atom. The first-order valence-corrected chi connectivity index (χ1v) is 10.9. The first kappa shape index (κ1) is 22.5. The molecule has 1 aliphatic heterocycles. The number of carbonyl (C=O) groups excluding carboxylic acids is 2. The van der Waals surface area contributed by atoms with Gasteiger partial charge in [0.2, 0.25) is 5.88 Å². The topological polar surface area (TPSA) is 97.1 Å². The lowest BCUT2D eigenvalue weighted by molar-refractivity contribution is -0.139. The molecule has 2 aromatic carbocycles. The van der Waals surface area contributed by atoms with Gasteiger partial charge in [-0.15, -0.1) is 0 Å². The zero-order valence-corrected chi connectivity index (χ0v) is 18.9. The molecule has 1 heterocycles. The molecule has 0 aromatic heterocycles. The van der Waals surface area contributed by atoms with Crippen LogP contribution in [0.1, 0.15) is 42.7 Å². The van der Waals surface area contributed by atoms with Crippen molar-refractivity contribution in [2.24, 2.45) is 5.73 Å². The fourth-order valence-corrected chi connectivity index (χ4v) is 4.63. The first-order valence-electron chi connectivity index (χ1n) is 10.9. The Morgan fingerprint density at radius 2 is 1.82 bits per heavy atom. The zero-order chi connectivity index (χ0) is 23.5. The van der Waals surface area contributed by atoms with Gasteiger partial charge >= 0.3 is 5.97 Å². The predicted octanol–water partition coefficient (Wildman–Crippen LogP) is 3.95. The molecule has 2 atom stereocenters. The van der Waals surface area contributed by atoms with Crippen LogP contribution in [0.3, 0.4) is 0 Å². The molecule has 7 heteroatoms. The van der Waals surface area contributed by atoms with Gasteiger partial charge in [-0.2, -0.15) is 0 Å². The molecule has 0 spiro atoms. The number of carbonyl (C=O) groups is 2. The largest absolute Gasteiger partial charge is 0.493 e. The van der Waals surface area contributed by atoms with E-state index >= 15 is 0 Å². The van der Waals surface area contributed by atoms with E-state index in [1.807, 2.05) is 30.3 Å². The smallest absolute Gasteiger partial charge is 0.340 e. The number of ether oxygens (including phenoxy) is 4. The molecule has 2 aliphatic rings. The molecule has 7 nitrogen and oxygen atoms in total. The van der Waals surface area contributed by atoms with Crippen molar-refractivity contribution >= 4 is 11.8 Å². The second kappa shape index (κ2) is 9.40. The maximum absolute atomic E-state index is 13.6. The molecule has 0 saturated heterocycles. The summed E-state index contributed by atoms with van der Waals surface area (Å²) in [6.07, 6.45) is 0.787. The number of hydrogen-bond donors (Lipinski definition) is 1. The number of hydrogen-bond acceptors (Lipinski definition) is 7. The van der Waals surface area contributed by atoms with E-state index in [2.05, 4.69) is 0 Å².